The molecule has 3 nitrogen and oxygen atoms in total. The molecule has 0 saturated heterocycles. The van der Waals surface area contributed by atoms with Crippen molar-refractivity contribution in [3.63, 3.8) is 0 Å². The molecule has 0 fully saturated rings. The van der Waals surface area contributed by atoms with Gasteiger partial charge in [-0.1, -0.05) is 12.2 Å². The highest BCUT2D eigenvalue weighted by Gasteiger charge is 1.93. The van der Waals surface area contributed by atoms with Crippen LogP contribution in [-0.4, -0.2) is 13.2 Å². The fourth-order valence-electron chi connectivity index (χ4n) is 0.296. The fraction of sp³-hybridized carbons (Fsp3) is 0.333. The van der Waals surface area contributed by atoms with Crippen LogP contribution in [0.15, 0.2) is 25.3 Å². The Bertz CT molecular complexity index is 119. The maximum Gasteiger partial charge on any atom is 0.319 e. The molecule has 0 rings (SSSR count). The van der Waals surface area contributed by atoms with Crippen molar-refractivity contribution < 1.29 is 13.6 Å². The lowest BCUT2D eigenvalue weighted by Crippen LogP contribution is -1.84. The second-order valence-corrected chi connectivity index (χ2v) is 2.53. The molecule has 0 N–H and O–H groups in total. The minimum atomic E-state index is -2.31. The summed E-state index contributed by atoms with van der Waals surface area (Å²) in [6, 6.07) is 0. The van der Waals surface area contributed by atoms with Gasteiger partial charge in [-0.15, -0.1) is 13.2 Å². The molecule has 58 valence electrons. The van der Waals surface area contributed by atoms with E-state index in [1.54, 1.807) is 0 Å². The van der Waals surface area contributed by atoms with E-state index in [4.69, 9.17) is 0 Å². The van der Waals surface area contributed by atoms with E-state index in [0.717, 1.165) is 0 Å². The molecule has 0 aliphatic rings. The van der Waals surface area contributed by atoms with Gasteiger partial charge in [0.15, 0.2) is 0 Å². The van der Waals surface area contributed by atoms with Crippen LogP contribution in [0.1, 0.15) is 0 Å². The molecule has 0 spiro atoms. The first-order chi connectivity index (χ1) is 4.81. The van der Waals surface area contributed by atoms with E-state index in [0.29, 0.717) is 0 Å². The second kappa shape index (κ2) is 6.75. The highest BCUT2D eigenvalue weighted by Crippen LogP contribution is 2.22. The third-order valence-electron chi connectivity index (χ3n) is 0.638. The summed E-state index contributed by atoms with van der Waals surface area (Å²) in [6.45, 7) is 7.30. The Morgan fingerprint density at radius 3 is 1.90 bits per heavy atom. The topological polar surface area (TPSA) is 35.5 Å². The predicted molar refractivity (Wildman–Crippen MR) is 41.3 cm³/mol. The van der Waals surface area contributed by atoms with Gasteiger partial charge in [-0.25, -0.2) is 0 Å². The van der Waals surface area contributed by atoms with Crippen molar-refractivity contribution in [3.8, 4) is 0 Å². The standard InChI is InChI=1S/C6H11O3P/c1-3-5-8-10(7)9-6-4-2/h3-4,10H,1-2,5-6H2. The van der Waals surface area contributed by atoms with Crippen LogP contribution in [0.3, 0.4) is 0 Å². The molecule has 0 atom stereocenters. The summed E-state index contributed by atoms with van der Waals surface area (Å²) >= 11 is 0. The lowest BCUT2D eigenvalue weighted by Gasteiger charge is -1.98. The molecule has 10 heavy (non-hydrogen) atoms. The third kappa shape index (κ3) is 5.76. The monoisotopic (exact) mass is 162 g/mol. The predicted octanol–water partition coefficient (Wildman–Crippen LogP) is 1.78. The number of rotatable bonds is 6. The van der Waals surface area contributed by atoms with Gasteiger partial charge in [0, 0.05) is 0 Å². The normalized spacial score (nSPS) is 9.70. The zero-order valence-corrected chi connectivity index (χ0v) is 6.71. The molecule has 0 aliphatic carbocycles. The molecule has 0 aliphatic heterocycles. The summed E-state index contributed by atoms with van der Waals surface area (Å²) < 4.78 is 19.9. The van der Waals surface area contributed by atoms with E-state index in [1.165, 1.54) is 12.2 Å². The minimum Gasteiger partial charge on any atom is -0.306 e. The maximum atomic E-state index is 10.6. The average Bonchev–Trinajstić information content (AvgIpc) is 1.97. The van der Waals surface area contributed by atoms with E-state index in [-0.39, 0.29) is 13.2 Å². The van der Waals surface area contributed by atoms with E-state index < -0.39 is 8.25 Å². The Balaban J connectivity index is 3.24. The molecular formula is C6H11O3P. The van der Waals surface area contributed by atoms with Crippen molar-refractivity contribution in [2.24, 2.45) is 0 Å². The summed E-state index contributed by atoms with van der Waals surface area (Å²) in [5.41, 5.74) is 0. The van der Waals surface area contributed by atoms with Crippen LogP contribution < -0.4 is 0 Å². The van der Waals surface area contributed by atoms with Crippen LogP contribution >= 0.6 is 8.25 Å². The molecule has 0 aromatic carbocycles. The molecule has 0 bridgehead atoms. The largest absolute Gasteiger partial charge is 0.319 e. The zero-order valence-electron chi connectivity index (χ0n) is 5.71. The van der Waals surface area contributed by atoms with Crippen molar-refractivity contribution in [1.29, 1.82) is 0 Å². The van der Waals surface area contributed by atoms with Crippen molar-refractivity contribution >= 4 is 8.25 Å². The SMILES string of the molecule is C=CCO[PH](=O)OCC=C. The lowest BCUT2D eigenvalue weighted by atomic mass is 10.7. The minimum absolute atomic E-state index is 0.259. The zero-order chi connectivity index (χ0) is 7.82. The van der Waals surface area contributed by atoms with Gasteiger partial charge in [0.05, 0.1) is 13.2 Å². The Morgan fingerprint density at radius 2 is 1.60 bits per heavy atom. The average molecular weight is 162 g/mol. The van der Waals surface area contributed by atoms with Crippen LogP contribution in [-0.2, 0) is 13.6 Å². The van der Waals surface area contributed by atoms with Gasteiger partial charge in [0.2, 0.25) is 0 Å². The van der Waals surface area contributed by atoms with Crippen LogP contribution in [0.4, 0.5) is 0 Å². The van der Waals surface area contributed by atoms with Crippen LogP contribution in [0.25, 0.3) is 0 Å². The van der Waals surface area contributed by atoms with Crippen molar-refractivity contribution in [3.05, 3.63) is 25.3 Å². The first-order valence-electron chi connectivity index (χ1n) is 2.82. The Hall–Kier alpha value is -0.370. The molecule has 0 radical (unpaired) electrons. The molecule has 0 saturated carbocycles. The highest BCUT2D eigenvalue weighted by molar-refractivity contribution is 7.33. The first kappa shape index (κ1) is 9.63. The van der Waals surface area contributed by atoms with Gasteiger partial charge < -0.3 is 9.05 Å². The molecule has 0 heterocycles. The lowest BCUT2D eigenvalue weighted by molar-refractivity contribution is 0.261. The van der Waals surface area contributed by atoms with Gasteiger partial charge >= 0.3 is 8.25 Å². The first-order valence-corrected chi connectivity index (χ1v) is 4.05. The van der Waals surface area contributed by atoms with Gasteiger partial charge in [-0.3, -0.25) is 4.57 Å². The summed E-state index contributed by atoms with van der Waals surface area (Å²) in [7, 11) is -2.31. The summed E-state index contributed by atoms with van der Waals surface area (Å²) in [5, 5.41) is 0. The summed E-state index contributed by atoms with van der Waals surface area (Å²) in [4.78, 5) is 0. The van der Waals surface area contributed by atoms with Gasteiger partial charge in [-0.05, 0) is 0 Å². The maximum absolute atomic E-state index is 10.6. The summed E-state index contributed by atoms with van der Waals surface area (Å²) in [6.07, 6.45) is 3.03. The van der Waals surface area contributed by atoms with Crippen molar-refractivity contribution in [2.45, 2.75) is 0 Å². The third-order valence-corrected chi connectivity index (χ3v) is 1.44. The Morgan fingerprint density at radius 1 is 1.20 bits per heavy atom. The number of hydrogen-bond acceptors (Lipinski definition) is 3. The van der Waals surface area contributed by atoms with E-state index in [1.807, 2.05) is 0 Å². The molecule has 0 aromatic heterocycles. The smallest absolute Gasteiger partial charge is 0.306 e. The van der Waals surface area contributed by atoms with Gasteiger partial charge in [0.25, 0.3) is 0 Å². The molecular weight excluding hydrogens is 151 g/mol. The van der Waals surface area contributed by atoms with Crippen LogP contribution in [0, 0.1) is 0 Å². The van der Waals surface area contributed by atoms with Crippen molar-refractivity contribution in [2.75, 3.05) is 13.2 Å². The van der Waals surface area contributed by atoms with Gasteiger partial charge in [-0.2, -0.15) is 0 Å². The molecule has 0 amide bonds. The Labute approximate surface area is 61.3 Å². The Kier molecular flexibility index (Phi) is 6.50. The van der Waals surface area contributed by atoms with Crippen LogP contribution in [0.5, 0.6) is 0 Å². The van der Waals surface area contributed by atoms with E-state index in [2.05, 4.69) is 22.2 Å². The quantitative estimate of drug-likeness (QED) is 0.441. The molecule has 0 unspecified atom stereocenters. The van der Waals surface area contributed by atoms with E-state index >= 15 is 0 Å². The summed E-state index contributed by atoms with van der Waals surface area (Å²) in [5.74, 6) is 0. The van der Waals surface area contributed by atoms with E-state index in [9.17, 15) is 4.57 Å². The van der Waals surface area contributed by atoms with Crippen molar-refractivity contribution in [1.82, 2.24) is 0 Å². The van der Waals surface area contributed by atoms with Gasteiger partial charge in [0.1, 0.15) is 0 Å². The fourth-order valence-corrected chi connectivity index (χ4v) is 0.887. The number of hydrogen-bond donors (Lipinski definition) is 0. The van der Waals surface area contributed by atoms with Crippen LogP contribution in [0.2, 0.25) is 0 Å². The second-order valence-electron chi connectivity index (χ2n) is 1.45. The molecule has 0 aromatic rings. The molecule has 4 heteroatoms. The highest BCUT2D eigenvalue weighted by atomic mass is 31.1.